The van der Waals surface area contributed by atoms with E-state index >= 15 is 0 Å². The summed E-state index contributed by atoms with van der Waals surface area (Å²) in [5.41, 5.74) is 8.15. The molecule has 0 spiro atoms. The van der Waals surface area contributed by atoms with Gasteiger partial charge < -0.3 is 20.1 Å². The first-order valence-electron chi connectivity index (χ1n) is 16.1. The molecule has 0 bridgehead atoms. The maximum atomic E-state index is 12.9. The van der Waals surface area contributed by atoms with Crippen LogP contribution in [0.25, 0.3) is 0 Å². The number of rotatable bonds is 6. The Morgan fingerprint density at radius 2 is 0.756 bits per heavy atom. The maximum Gasteiger partial charge on any atom is 3.00 e. The van der Waals surface area contributed by atoms with Crippen LogP contribution in [0, 0.1) is 81.9 Å². The Hall–Kier alpha value is -1.76. The second kappa shape index (κ2) is 18.0. The van der Waals surface area contributed by atoms with Crippen molar-refractivity contribution in [1.29, 1.82) is 0 Å². The largest absolute Gasteiger partial charge is 3.00 e. The fraction of sp³-hybridized carbons (Fsp3) is 0.514. The van der Waals surface area contributed by atoms with E-state index in [2.05, 4.69) is 14.7 Å². The molecule has 5 rings (SSSR count). The van der Waals surface area contributed by atoms with Gasteiger partial charge in [0, 0.05) is 72.1 Å². The van der Waals surface area contributed by atoms with E-state index in [-0.39, 0.29) is 57.6 Å². The smallest absolute Gasteiger partial charge is 0.872 e. The van der Waals surface area contributed by atoms with E-state index in [4.69, 9.17) is 4.74 Å². The van der Waals surface area contributed by atoms with E-state index < -0.39 is 0 Å². The Labute approximate surface area is 303 Å². The summed E-state index contributed by atoms with van der Waals surface area (Å²) in [6, 6.07) is 11.9. The van der Waals surface area contributed by atoms with Crippen molar-refractivity contribution >= 4 is 0 Å². The van der Waals surface area contributed by atoms with Gasteiger partial charge in [0.25, 0.3) is 0 Å². The van der Waals surface area contributed by atoms with Crippen molar-refractivity contribution in [3.05, 3.63) is 86.5 Å². The zero-order valence-corrected chi connectivity index (χ0v) is 30.7. The molecule has 0 atom stereocenters. The van der Waals surface area contributed by atoms with E-state index in [0.717, 1.165) is 103 Å². The Morgan fingerprint density at radius 1 is 0.489 bits per heavy atom. The van der Waals surface area contributed by atoms with Crippen molar-refractivity contribution in [2.24, 2.45) is 0 Å². The number of nitrogens with zero attached hydrogens (tertiary/aromatic N) is 3. The molecule has 8 heteroatoms. The molecule has 0 amide bonds. The van der Waals surface area contributed by atoms with Gasteiger partial charge in [0.15, 0.2) is 0 Å². The minimum Gasteiger partial charge on any atom is -0.872 e. The molecule has 3 aromatic rings. The number of hydrogen-bond donors (Lipinski definition) is 0. The van der Waals surface area contributed by atoms with Crippen molar-refractivity contribution in [3.8, 4) is 17.2 Å². The molecule has 0 aromatic heterocycles. The predicted octanol–water partition coefficient (Wildman–Crippen LogP) is 4.37. The average molecular weight is 751 g/mol. The van der Waals surface area contributed by atoms with Crippen LogP contribution in [0.1, 0.15) is 62.9 Å². The predicted molar refractivity (Wildman–Crippen MR) is 172 cm³/mol. The van der Waals surface area contributed by atoms with Crippen LogP contribution in [0.3, 0.4) is 0 Å². The Kier molecular flexibility index (Phi) is 15.0. The summed E-state index contributed by atoms with van der Waals surface area (Å²) in [6.07, 6.45) is 2.56. The quantitative estimate of drug-likeness (QED) is 0.370. The van der Waals surface area contributed by atoms with Crippen molar-refractivity contribution < 1.29 is 60.4 Å². The third-order valence-corrected chi connectivity index (χ3v) is 8.69. The standard InChI is InChI=1S/C33H45N3O3.C4H8O.Sm/c1-22-13-25(4)31(37)28(16-22)19-34-7-9-35(20-29-17-23(2)14-26(5)32(29)38)11-12-36(10-8-34)21-30-18-24(3)15-27(6)33(30)39;1-2-4-5-3-1;/h13-18,37-39H,7-12,19-21H2,1-6H3;1-4H2;/q;;+3/p-3. The average Bonchev–Trinajstić information content (AvgIpc) is 3.57. The van der Waals surface area contributed by atoms with Gasteiger partial charge in [-0.2, -0.15) is 0 Å². The fourth-order valence-corrected chi connectivity index (χ4v) is 6.37. The molecule has 2 aliphatic heterocycles. The van der Waals surface area contributed by atoms with Crippen LogP contribution in [0.4, 0.5) is 0 Å². The molecule has 2 heterocycles. The van der Waals surface area contributed by atoms with Crippen molar-refractivity contribution in [2.75, 3.05) is 52.5 Å². The topological polar surface area (TPSA) is 88.1 Å². The monoisotopic (exact) mass is 752 g/mol. The second-order valence-electron chi connectivity index (χ2n) is 12.9. The van der Waals surface area contributed by atoms with Crippen LogP contribution >= 0.6 is 0 Å². The molecular formula is C37H50N3O4Sm. The Bertz CT molecular complexity index is 1230. The minimum atomic E-state index is 0. The van der Waals surface area contributed by atoms with Gasteiger partial charge >= 0.3 is 40.4 Å². The first kappa shape index (κ1) is 37.7. The number of benzene rings is 3. The summed E-state index contributed by atoms with van der Waals surface area (Å²) < 4.78 is 4.94. The first-order valence-corrected chi connectivity index (χ1v) is 16.1. The molecule has 0 unspecified atom stereocenters. The molecule has 243 valence electrons. The van der Waals surface area contributed by atoms with Crippen LogP contribution in [-0.4, -0.2) is 67.2 Å². The van der Waals surface area contributed by atoms with Gasteiger partial charge in [0.1, 0.15) is 0 Å². The minimum absolute atomic E-state index is 0. The van der Waals surface area contributed by atoms with Crippen LogP contribution < -0.4 is 15.3 Å². The third-order valence-electron chi connectivity index (χ3n) is 8.69. The van der Waals surface area contributed by atoms with Gasteiger partial charge in [-0.1, -0.05) is 69.8 Å². The van der Waals surface area contributed by atoms with E-state index in [1.165, 1.54) is 12.8 Å². The van der Waals surface area contributed by atoms with E-state index in [1.54, 1.807) is 0 Å². The third kappa shape index (κ3) is 11.2. The molecule has 1 radical (unpaired) electrons. The van der Waals surface area contributed by atoms with Crippen LogP contribution in [0.5, 0.6) is 17.2 Å². The van der Waals surface area contributed by atoms with E-state index in [0.29, 0.717) is 19.6 Å². The molecule has 2 fully saturated rings. The molecule has 3 aromatic carbocycles. The van der Waals surface area contributed by atoms with Gasteiger partial charge in [0.2, 0.25) is 0 Å². The molecule has 0 saturated carbocycles. The van der Waals surface area contributed by atoms with E-state index in [1.807, 2.05) is 77.9 Å². The summed E-state index contributed by atoms with van der Waals surface area (Å²) >= 11 is 0. The van der Waals surface area contributed by atoms with Crippen LogP contribution in [0.2, 0.25) is 0 Å². The zero-order valence-electron chi connectivity index (χ0n) is 28.0. The van der Waals surface area contributed by atoms with Crippen LogP contribution in [-0.2, 0) is 24.4 Å². The van der Waals surface area contributed by atoms with Gasteiger partial charge in [0.05, 0.1) is 0 Å². The van der Waals surface area contributed by atoms with Gasteiger partial charge in [-0.3, -0.25) is 14.7 Å². The zero-order chi connectivity index (χ0) is 31.8. The Balaban J connectivity index is 0.000000837. The SMILES string of the molecule is C1CCOC1.Cc1cc(C)c([O-])c(CN2CCN(Cc3cc(C)cc(C)c3[O-])CCN(Cc3cc(C)cc(C)c3[O-])CC2)c1.[Sm+3]. The Morgan fingerprint density at radius 3 is 0.978 bits per heavy atom. The van der Waals surface area contributed by atoms with Crippen molar-refractivity contribution in [3.63, 3.8) is 0 Å². The van der Waals surface area contributed by atoms with Gasteiger partial charge in [-0.15, -0.1) is 17.2 Å². The molecule has 0 N–H and O–H groups in total. The van der Waals surface area contributed by atoms with Crippen LogP contribution in [0.15, 0.2) is 36.4 Å². The number of ether oxygens (including phenoxy) is 1. The number of aryl methyl sites for hydroxylation is 6. The summed E-state index contributed by atoms with van der Waals surface area (Å²) in [6.45, 7) is 20.3. The van der Waals surface area contributed by atoms with Crippen molar-refractivity contribution in [2.45, 2.75) is 74.0 Å². The molecular weight excluding hydrogens is 701 g/mol. The van der Waals surface area contributed by atoms with E-state index in [9.17, 15) is 15.3 Å². The van der Waals surface area contributed by atoms with Crippen molar-refractivity contribution in [1.82, 2.24) is 14.7 Å². The summed E-state index contributed by atoms with van der Waals surface area (Å²) in [5, 5.41) is 38.7. The normalized spacial score (nSPS) is 16.7. The van der Waals surface area contributed by atoms with Gasteiger partial charge in [-0.25, -0.2) is 0 Å². The maximum absolute atomic E-state index is 12.9. The van der Waals surface area contributed by atoms with Gasteiger partial charge in [-0.05, 0) is 71.1 Å². The molecule has 2 saturated heterocycles. The summed E-state index contributed by atoms with van der Waals surface area (Å²) in [7, 11) is 0. The fourth-order valence-electron chi connectivity index (χ4n) is 6.37. The summed E-state index contributed by atoms with van der Waals surface area (Å²) in [4.78, 5) is 7.04. The molecule has 2 aliphatic rings. The number of hydrogen-bond acceptors (Lipinski definition) is 7. The summed E-state index contributed by atoms with van der Waals surface area (Å²) in [5.74, 6) is 0.352. The second-order valence-corrected chi connectivity index (χ2v) is 12.9. The molecule has 45 heavy (non-hydrogen) atoms. The molecule has 7 nitrogen and oxygen atoms in total. The first-order chi connectivity index (χ1) is 21.0. The molecule has 0 aliphatic carbocycles.